The van der Waals surface area contributed by atoms with Crippen molar-refractivity contribution in [1.82, 2.24) is 15.3 Å². The number of nitrogens with zero attached hydrogens (tertiary/aromatic N) is 2. The fraction of sp³-hybridized carbons (Fsp3) is 0.333. The Morgan fingerprint density at radius 3 is 2.89 bits per heavy atom. The van der Waals surface area contributed by atoms with Gasteiger partial charge in [0.15, 0.2) is 0 Å². The third kappa shape index (κ3) is 3.79. The number of aryl methyl sites for hydroxylation is 1. The van der Waals surface area contributed by atoms with Crippen LogP contribution in [0.1, 0.15) is 29.7 Å². The molecule has 0 saturated carbocycles. The number of halogens is 1. The highest BCUT2D eigenvalue weighted by atomic mass is 19.1. The fourth-order valence-electron chi connectivity index (χ4n) is 3.70. The number of hydrogen-bond acceptors (Lipinski definition) is 3. The van der Waals surface area contributed by atoms with Gasteiger partial charge in [-0.25, -0.2) is 9.37 Å². The second-order valence-electron chi connectivity index (χ2n) is 7.09. The van der Waals surface area contributed by atoms with Crippen LogP contribution in [0.5, 0.6) is 0 Å². The second kappa shape index (κ2) is 7.39. The molecule has 27 heavy (non-hydrogen) atoms. The van der Waals surface area contributed by atoms with Gasteiger partial charge in [-0.1, -0.05) is 0 Å². The number of pyridine rings is 1. The van der Waals surface area contributed by atoms with Crippen molar-refractivity contribution in [2.45, 2.75) is 32.7 Å². The molecule has 1 aromatic carbocycles. The molecule has 0 radical (unpaired) electrons. The van der Waals surface area contributed by atoms with Gasteiger partial charge in [0.1, 0.15) is 11.6 Å². The lowest BCUT2D eigenvalue weighted by molar-refractivity contribution is -0.120. The highest BCUT2D eigenvalue weighted by molar-refractivity contribution is 5.90. The number of benzene rings is 1. The molecule has 3 heterocycles. The van der Waals surface area contributed by atoms with Crippen LogP contribution in [0.3, 0.4) is 0 Å². The molecule has 2 aromatic heterocycles. The van der Waals surface area contributed by atoms with Crippen molar-refractivity contribution in [1.29, 1.82) is 0 Å². The summed E-state index contributed by atoms with van der Waals surface area (Å²) in [5.74, 6) is 0.597. The molecule has 0 atom stereocenters. The average Bonchev–Trinajstić information content (AvgIpc) is 3.30. The van der Waals surface area contributed by atoms with Crippen LogP contribution < -0.4 is 10.2 Å². The maximum absolute atomic E-state index is 13.6. The van der Waals surface area contributed by atoms with Crippen molar-refractivity contribution < 1.29 is 9.18 Å². The molecule has 4 rings (SSSR count). The SMILES string of the molecule is Cc1[nH]c2ccc(F)cc2c1CC(=O)NCc1ccnc(N2CCCC2)c1. The number of rotatable bonds is 5. The number of nitrogens with one attached hydrogen (secondary N) is 2. The summed E-state index contributed by atoms with van der Waals surface area (Å²) in [6.07, 6.45) is 4.42. The van der Waals surface area contributed by atoms with Crippen LogP contribution in [0.25, 0.3) is 10.9 Å². The van der Waals surface area contributed by atoms with E-state index in [0.29, 0.717) is 6.54 Å². The number of amides is 1. The molecule has 3 aromatic rings. The number of aromatic nitrogens is 2. The Morgan fingerprint density at radius 1 is 1.26 bits per heavy atom. The normalized spacial score (nSPS) is 14.1. The third-order valence-corrected chi connectivity index (χ3v) is 5.15. The van der Waals surface area contributed by atoms with Crippen molar-refractivity contribution in [3.8, 4) is 0 Å². The van der Waals surface area contributed by atoms with Crippen molar-refractivity contribution in [3.05, 3.63) is 59.2 Å². The van der Waals surface area contributed by atoms with Crippen molar-refractivity contribution in [2.75, 3.05) is 18.0 Å². The first-order valence-electron chi connectivity index (χ1n) is 9.33. The molecule has 0 aliphatic carbocycles. The Kier molecular flexibility index (Phi) is 4.79. The van der Waals surface area contributed by atoms with Gasteiger partial charge in [0.2, 0.25) is 5.91 Å². The summed E-state index contributed by atoms with van der Waals surface area (Å²) >= 11 is 0. The average molecular weight is 366 g/mol. The van der Waals surface area contributed by atoms with Gasteiger partial charge < -0.3 is 15.2 Å². The molecule has 0 bridgehead atoms. The largest absolute Gasteiger partial charge is 0.358 e. The zero-order valence-corrected chi connectivity index (χ0v) is 15.4. The number of aromatic amines is 1. The van der Waals surface area contributed by atoms with Gasteiger partial charge in [-0.15, -0.1) is 0 Å². The molecular weight excluding hydrogens is 343 g/mol. The van der Waals surface area contributed by atoms with E-state index < -0.39 is 0 Å². The molecule has 1 amide bonds. The number of H-pyrrole nitrogens is 1. The minimum Gasteiger partial charge on any atom is -0.358 e. The number of anilines is 1. The lowest BCUT2D eigenvalue weighted by Crippen LogP contribution is -2.25. The van der Waals surface area contributed by atoms with Gasteiger partial charge in [0.25, 0.3) is 0 Å². The molecule has 2 N–H and O–H groups in total. The molecule has 0 spiro atoms. The summed E-state index contributed by atoms with van der Waals surface area (Å²) in [6.45, 7) is 4.45. The van der Waals surface area contributed by atoms with E-state index in [1.807, 2.05) is 19.1 Å². The fourth-order valence-corrected chi connectivity index (χ4v) is 3.70. The Bertz CT molecular complexity index is 975. The van der Waals surface area contributed by atoms with Crippen LogP contribution >= 0.6 is 0 Å². The monoisotopic (exact) mass is 366 g/mol. The van der Waals surface area contributed by atoms with Crippen LogP contribution in [0.15, 0.2) is 36.5 Å². The lowest BCUT2D eigenvalue weighted by atomic mass is 10.1. The smallest absolute Gasteiger partial charge is 0.224 e. The predicted octanol–water partition coefficient (Wildman–Crippen LogP) is 3.47. The van der Waals surface area contributed by atoms with Crippen LogP contribution in [-0.4, -0.2) is 29.0 Å². The van der Waals surface area contributed by atoms with Gasteiger partial charge in [-0.05, 0) is 61.2 Å². The maximum Gasteiger partial charge on any atom is 0.224 e. The molecule has 1 fully saturated rings. The summed E-state index contributed by atoms with van der Waals surface area (Å²) in [5, 5.41) is 3.74. The van der Waals surface area contributed by atoms with Crippen molar-refractivity contribution in [3.63, 3.8) is 0 Å². The lowest BCUT2D eigenvalue weighted by Gasteiger charge is -2.17. The highest BCUT2D eigenvalue weighted by Crippen LogP contribution is 2.23. The van der Waals surface area contributed by atoms with E-state index in [2.05, 4.69) is 20.2 Å². The topological polar surface area (TPSA) is 61.0 Å². The standard InChI is InChI=1S/C21H23FN4O/c1-14-17(18-11-16(22)4-5-19(18)25-14)12-21(27)24-13-15-6-7-23-20(10-15)26-8-2-3-9-26/h4-7,10-11,25H,2-3,8-9,12-13H2,1H3,(H,24,27). The zero-order valence-electron chi connectivity index (χ0n) is 15.4. The van der Waals surface area contributed by atoms with E-state index in [-0.39, 0.29) is 18.1 Å². The second-order valence-corrected chi connectivity index (χ2v) is 7.09. The highest BCUT2D eigenvalue weighted by Gasteiger charge is 2.15. The van der Waals surface area contributed by atoms with Gasteiger partial charge in [0, 0.05) is 42.4 Å². The van der Waals surface area contributed by atoms with Crippen molar-refractivity contribution >= 4 is 22.6 Å². The molecule has 0 unspecified atom stereocenters. The quantitative estimate of drug-likeness (QED) is 0.727. The molecule has 140 valence electrons. The van der Waals surface area contributed by atoms with E-state index in [9.17, 15) is 9.18 Å². The number of fused-ring (bicyclic) bond motifs is 1. The van der Waals surface area contributed by atoms with Crippen LogP contribution in [0.4, 0.5) is 10.2 Å². The van der Waals surface area contributed by atoms with Gasteiger partial charge in [-0.3, -0.25) is 4.79 Å². The molecule has 5 nitrogen and oxygen atoms in total. The Labute approximate surface area is 157 Å². The summed E-state index contributed by atoms with van der Waals surface area (Å²) < 4.78 is 13.6. The molecule has 1 aliphatic rings. The van der Waals surface area contributed by atoms with Crippen LogP contribution in [0, 0.1) is 12.7 Å². The van der Waals surface area contributed by atoms with Gasteiger partial charge in [-0.2, -0.15) is 0 Å². The minimum absolute atomic E-state index is 0.0807. The summed E-state index contributed by atoms with van der Waals surface area (Å²) in [7, 11) is 0. The van der Waals surface area contributed by atoms with Crippen LogP contribution in [0.2, 0.25) is 0 Å². The van der Waals surface area contributed by atoms with Crippen molar-refractivity contribution in [2.24, 2.45) is 0 Å². The summed E-state index contributed by atoms with van der Waals surface area (Å²) in [6, 6.07) is 8.57. The Hall–Kier alpha value is -2.89. The summed E-state index contributed by atoms with van der Waals surface area (Å²) in [4.78, 5) is 22.4. The van der Waals surface area contributed by atoms with Gasteiger partial charge >= 0.3 is 0 Å². The van der Waals surface area contributed by atoms with Crippen LogP contribution in [-0.2, 0) is 17.8 Å². The van der Waals surface area contributed by atoms with E-state index in [1.54, 1.807) is 12.3 Å². The first kappa shape index (κ1) is 17.5. The number of carbonyl (C=O) groups excluding carboxylic acids is 1. The maximum atomic E-state index is 13.6. The zero-order chi connectivity index (χ0) is 18.8. The van der Waals surface area contributed by atoms with E-state index in [0.717, 1.165) is 46.6 Å². The molecule has 1 saturated heterocycles. The predicted molar refractivity (Wildman–Crippen MR) is 104 cm³/mol. The Balaban J connectivity index is 1.42. The number of hydrogen-bond donors (Lipinski definition) is 2. The molecular formula is C21H23FN4O. The third-order valence-electron chi connectivity index (χ3n) is 5.15. The minimum atomic E-state index is -0.297. The summed E-state index contributed by atoms with van der Waals surface area (Å²) in [5.41, 5.74) is 3.61. The van der Waals surface area contributed by atoms with Gasteiger partial charge in [0.05, 0.1) is 6.42 Å². The van der Waals surface area contributed by atoms with E-state index in [4.69, 9.17) is 0 Å². The van der Waals surface area contributed by atoms with E-state index in [1.165, 1.54) is 25.0 Å². The number of carbonyl (C=O) groups is 1. The molecule has 1 aliphatic heterocycles. The Morgan fingerprint density at radius 2 is 2.07 bits per heavy atom. The first-order valence-corrected chi connectivity index (χ1v) is 9.33. The first-order chi connectivity index (χ1) is 13.1. The van der Waals surface area contributed by atoms with E-state index >= 15 is 0 Å². The molecule has 6 heteroatoms.